The monoisotopic (exact) mass is 200 g/mol. The maximum Gasteiger partial charge on any atom is 0.0469 e. The second-order valence-corrected chi connectivity index (χ2v) is 4.37. The summed E-state index contributed by atoms with van der Waals surface area (Å²) in [5.41, 5.74) is 0. The Morgan fingerprint density at radius 3 is 2.57 bits per heavy atom. The molecule has 1 saturated heterocycles. The molecule has 0 aliphatic carbocycles. The Morgan fingerprint density at radius 1 is 1.21 bits per heavy atom. The molecule has 3 heteroatoms. The average molecular weight is 200 g/mol. The minimum atomic E-state index is 0.597. The van der Waals surface area contributed by atoms with E-state index in [1.807, 2.05) is 0 Å². The predicted octanol–water partition coefficient (Wildman–Crippen LogP) is 1.00. The SMILES string of the molecule is CC(C)NCCNCC1CCOCC1. The lowest BCUT2D eigenvalue weighted by Gasteiger charge is -2.22. The van der Waals surface area contributed by atoms with Crippen LogP contribution < -0.4 is 10.6 Å². The van der Waals surface area contributed by atoms with Gasteiger partial charge >= 0.3 is 0 Å². The first-order valence-electron chi connectivity index (χ1n) is 5.81. The summed E-state index contributed by atoms with van der Waals surface area (Å²) in [6.45, 7) is 9.57. The van der Waals surface area contributed by atoms with E-state index in [0.29, 0.717) is 6.04 Å². The second kappa shape index (κ2) is 7.21. The molecule has 0 amide bonds. The molecule has 2 N–H and O–H groups in total. The van der Waals surface area contributed by atoms with E-state index in [1.54, 1.807) is 0 Å². The van der Waals surface area contributed by atoms with E-state index in [1.165, 1.54) is 12.8 Å². The van der Waals surface area contributed by atoms with Crippen molar-refractivity contribution in [3.05, 3.63) is 0 Å². The molecule has 1 heterocycles. The predicted molar refractivity (Wildman–Crippen MR) is 59.6 cm³/mol. The highest BCUT2D eigenvalue weighted by Gasteiger charge is 2.12. The molecule has 0 atom stereocenters. The Morgan fingerprint density at radius 2 is 1.93 bits per heavy atom. The third kappa shape index (κ3) is 5.58. The fourth-order valence-electron chi connectivity index (χ4n) is 1.71. The molecule has 0 spiro atoms. The van der Waals surface area contributed by atoms with Crippen molar-refractivity contribution in [1.29, 1.82) is 0 Å². The van der Waals surface area contributed by atoms with Crippen LogP contribution in [-0.2, 0) is 4.74 Å². The molecule has 3 nitrogen and oxygen atoms in total. The van der Waals surface area contributed by atoms with Gasteiger partial charge in [0.25, 0.3) is 0 Å². The third-order valence-electron chi connectivity index (χ3n) is 2.63. The number of ether oxygens (including phenoxy) is 1. The van der Waals surface area contributed by atoms with Crippen LogP contribution in [0.3, 0.4) is 0 Å². The molecule has 1 aliphatic heterocycles. The average Bonchev–Trinajstić information content (AvgIpc) is 2.18. The van der Waals surface area contributed by atoms with Gasteiger partial charge in [-0.25, -0.2) is 0 Å². The zero-order valence-electron chi connectivity index (χ0n) is 9.51. The van der Waals surface area contributed by atoms with E-state index in [4.69, 9.17) is 4.74 Å². The summed E-state index contributed by atoms with van der Waals surface area (Å²) in [7, 11) is 0. The van der Waals surface area contributed by atoms with Crippen molar-refractivity contribution in [3.8, 4) is 0 Å². The van der Waals surface area contributed by atoms with Crippen molar-refractivity contribution in [2.24, 2.45) is 5.92 Å². The van der Waals surface area contributed by atoms with Crippen LogP contribution in [0.4, 0.5) is 0 Å². The molecule has 84 valence electrons. The summed E-state index contributed by atoms with van der Waals surface area (Å²) < 4.78 is 5.32. The summed E-state index contributed by atoms with van der Waals surface area (Å²) in [4.78, 5) is 0. The normalized spacial score (nSPS) is 19.1. The summed E-state index contributed by atoms with van der Waals surface area (Å²) in [6.07, 6.45) is 2.45. The van der Waals surface area contributed by atoms with E-state index in [9.17, 15) is 0 Å². The van der Waals surface area contributed by atoms with Crippen LogP contribution in [0.1, 0.15) is 26.7 Å². The lowest BCUT2D eigenvalue weighted by molar-refractivity contribution is 0.0664. The Bertz CT molecular complexity index is 133. The molecule has 0 saturated carbocycles. The van der Waals surface area contributed by atoms with Gasteiger partial charge in [0.15, 0.2) is 0 Å². The Hall–Kier alpha value is -0.120. The van der Waals surface area contributed by atoms with Gasteiger partial charge in [-0.05, 0) is 25.3 Å². The minimum Gasteiger partial charge on any atom is -0.381 e. The van der Waals surface area contributed by atoms with Gasteiger partial charge in [-0.15, -0.1) is 0 Å². The molecular formula is C11H24N2O. The van der Waals surface area contributed by atoms with Crippen LogP contribution in [0.25, 0.3) is 0 Å². The van der Waals surface area contributed by atoms with E-state index in [0.717, 1.165) is 38.8 Å². The van der Waals surface area contributed by atoms with Crippen LogP contribution in [0.2, 0.25) is 0 Å². The maximum absolute atomic E-state index is 5.32. The Kier molecular flexibility index (Phi) is 6.15. The lowest BCUT2D eigenvalue weighted by Crippen LogP contribution is -2.35. The van der Waals surface area contributed by atoms with Gasteiger partial charge < -0.3 is 15.4 Å². The maximum atomic E-state index is 5.32. The van der Waals surface area contributed by atoms with Gasteiger partial charge in [-0.3, -0.25) is 0 Å². The molecule has 0 bridgehead atoms. The third-order valence-corrected chi connectivity index (χ3v) is 2.63. The standard InChI is InChI=1S/C11H24N2O/c1-10(2)13-6-5-12-9-11-3-7-14-8-4-11/h10-13H,3-9H2,1-2H3. The lowest BCUT2D eigenvalue weighted by atomic mass is 10.0. The molecule has 0 aromatic heterocycles. The Balaban J connectivity index is 1.87. The molecule has 0 radical (unpaired) electrons. The molecule has 1 fully saturated rings. The minimum absolute atomic E-state index is 0.597. The molecule has 0 aromatic rings. The van der Waals surface area contributed by atoms with Crippen molar-refractivity contribution in [1.82, 2.24) is 10.6 Å². The molecule has 14 heavy (non-hydrogen) atoms. The van der Waals surface area contributed by atoms with Crippen LogP contribution in [-0.4, -0.2) is 38.9 Å². The molecule has 0 unspecified atom stereocenters. The van der Waals surface area contributed by atoms with Gasteiger partial charge in [-0.2, -0.15) is 0 Å². The van der Waals surface area contributed by atoms with Crippen molar-refractivity contribution in [2.75, 3.05) is 32.8 Å². The highest BCUT2D eigenvalue weighted by molar-refractivity contribution is 4.66. The fraction of sp³-hybridized carbons (Fsp3) is 1.00. The zero-order valence-corrected chi connectivity index (χ0v) is 9.51. The molecule has 1 aliphatic rings. The summed E-state index contributed by atoms with van der Waals surface area (Å²) in [6, 6.07) is 0.597. The fourth-order valence-corrected chi connectivity index (χ4v) is 1.71. The summed E-state index contributed by atoms with van der Waals surface area (Å²) in [5, 5.41) is 6.89. The zero-order chi connectivity index (χ0) is 10.2. The van der Waals surface area contributed by atoms with Crippen LogP contribution in [0.5, 0.6) is 0 Å². The van der Waals surface area contributed by atoms with E-state index in [2.05, 4.69) is 24.5 Å². The highest BCUT2D eigenvalue weighted by atomic mass is 16.5. The van der Waals surface area contributed by atoms with Gasteiger partial charge in [0.05, 0.1) is 0 Å². The van der Waals surface area contributed by atoms with Gasteiger partial charge in [0, 0.05) is 32.3 Å². The van der Waals surface area contributed by atoms with Gasteiger partial charge in [0.2, 0.25) is 0 Å². The Labute approximate surface area is 87.6 Å². The van der Waals surface area contributed by atoms with E-state index in [-0.39, 0.29) is 0 Å². The van der Waals surface area contributed by atoms with Crippen molar-refractivity contribution in [3.63, 3.8) is 0 Å². The summed E-state index contributed by atoms with van der Waals surface area (Å²) in [5.74, 6) is 0.836. The largest absolute Gasteiger partial charge is 0.381 e. The summed E-state index contributed by atoms with van der Waals surface area (Å²) >= 11 is 0. The topological polar surface area (TPSA) is 33.3 Å². The van der Waals surface area contributed by atoms with Crippen LogP contribution >= 0.6 is 0 Å². The van der Waals surface area contributed by atoms with E-state index < -0.39 is 0 Å². The smallest absolute Gasteiger partial charge is 0.0469 e. The molecular weight excluding hydrogens is 176 g/mol. The second-order valence-electron chi connectivity index (χ2n) is 4.37. The first-order valence-corrected chi connectivity index (χ1v) is 5.81. The number of hydrogen-bond acceptors (Lipinski definition) is 3. The molecule has 1 rings (SSSR count). The quantitative estimate of drug-likeness (QED) is 0.628. The van der Waals surface area contributed by atoms with E-state index >= 15 is 0 Å². The molecule has 0 aromatic carbocycles. The first-order chi connectivity index (χ1) is 6.79. The highest BCUT2D eigenvalue weighted by Crippen LogP contribution is 2.12. The van der Waals surface area contributed by atoms with Gasteiger partial charge in [-0.1, -0.05) is 13.8 Å². The van der Waals surface area contributed by atoms with Crippen molar-refractivity contribution in [2.45, 2.75) is 32.7 Å². The number of rotatable bonds is 6. The van der Waals surface area contributed by atoms with Crippen LogP contribution in [0.15, 0.2) is 0 Å². The number of nitrogens with one attached hydrogen (secondary N) is 2. The first kappa shape index (κ1) is 12.0. The van der Waals surface area contributed by atoms with Crippen molar-refractivity contribution >= 4 is 0 Å². The number of hydrogen-bond donors (Lipinski definition) is 2. The van der Waals surface area contributed by atoms with Crippen molar-refractivity contribution < 1.29 is 4.74 Å². The van der Waals surface area contributed by atoms with Gasteiger partial charge in [0.1, 0.15) is 0 Å². The van der Waals surface area contributed by atoms with Crippen LogP contribution in [0, 0.1) is 5.92 Å².